The highest BCUT2D eigenvalue weighted by Crippen LogP contribution is 2.44. The fourth-order valence-electron chi connectivity index (χ4n) is 2.50. The predicted octanol–water partition coefficient (Wildman–Crippen LogP) is 2.15. The van der Waals surface area contributed by atoms with Crippen LogP contribution in [0.4, 0.5) is 0 Å². The lowest BCUT2D eigenvalue weighted by molar-refractivity contribution is 0.0363. The van der Waals surface area contributed by atoms with E-state index >= 15 is 0 Å². The van der Waals surface area contributed by atoms with Crippen LogP contribution in [0, 0.1) is 0 Å². The first kappa shape index (κ1) is 18.2. The topological polar surface area (TPSA) is 91.0 Å². The van der Waals surface area contributed by atoms with E-state index in [-0.39, 0.29) is 18.2 Å². The SMILES string of the molecule is COC[C@@]1(OC)C(N)=N[C@](C)(c2sc(Br)cc2Cl)CS1(=O)=O. The van der Waals surface area contributed by atoms with Crippen LogP contribution in [-0.4, -0.2) is 45.8 Å². The molecule has 0 fully saturated rings. The van der Waals surface area contributed by atoms with Gasteiger partial charge in [0, 0.05) is 14.2 Å². The predicted molar refractivity (Wildman–Crippen MR) is 91.4 cm³/mol. The summed E-state index contributed by atoms with van der Waals surface area (Å²) in [5.41, 5.74) is 4.91. The molecule has 0 spiro atoms. The molecule has 0 amide bonds. The molecule has 0 aliphatic carbocycles. The number of hydrogen-bond donors (Lipinski definition) is 1. The van der Waals surface area contributed by atoms with Crippen LogP contribution in [0.15, 0.2) is 14.8 Å². The number of methoxy groups -OCH3 is 2. The highest BCUT2D eigenvalue weighted by molar-refractivity contribution is 9.11. The van der Waals surface area contributed by atoms with Crippen molar-refractivity contribution in [3.63, 3.8) is 0 Å². The number of nitrogens with zero attached hydrogens (tertiary/aromatic N) is 1. The van der Waals surface area contributed by atoms with Crippen molar-refractivity contribution in [2.75, 3.05) is 26.6 Å². The van der Waals surface area contributed by atoms with Crippen LogP contribution < -0.4 is 5.73 Å². The van der Waals surface area contributed by atoms with Crippen molar-refractivity contribution < 1.29 is 17.9 Å². The van der Waals surface area contributed by atoms with Crippen LogP contribution in [-0.2, 0) is 24.8 Å². The van der Waals surface area contributed by atoms with Gasteiger partial charge in [0.05, 0.1) is 26.0 Å². The fraction of sp³-hybridized carbons (Fsp3) is 0.583. The monoisotopic (exact) mass is 430 g/mol. The number of ether oxygens (including phenoxy) is 2. The summed E-state index contributed by atoms with van der Waals surface area (Å²) in [5, 5.41) is 0.447. The Hall–Kier alpha value is -0.190. The van der Waals surface area contributed by atoms with Crippen molar-refractivity contribution in [1.82, 2.24) is 0 Å². The summed E-state index contributed by atoms with van der Waals surface area (Å²) in [7, 11) is -1.13. The van der Waals surface area contributed by atoms with Gasteiger partial charge in [-0.05, 0) is 28.9 Å². The number of thiophene rings is 1. The molecule has 2 atom stereocenters. The molecular weight excluding hydrogens is 416 g/mol. The number of aliphatic imine (C=N–C) groups is 1. The Morgan fingerprint density at radius 3 is 2.59 bits per heavy atom. The van der Waals surface area contributed by atoms with Crippen molar-refractivity contribution in [2.24, 2.45) is 10.7 Å². The van der Waals surface area contributed by atoms with Gasteiger partial charge in [-0.3, -0.25) is 4.99 Å². The molecule has 2 heterocycles. The van der Waals surface area contributed by atoms with Crippen molar-refractivity contribution >= 4 is 54.5 Å². The molecule has 1 aliphatic heterocycles. The van der Waals surface area contributed by atoms with E-state index in [9.17, 15) is 8.42 Å². The van der Waals surface area contributed by atoms with Gasteiger partial charge in [-0.2, -0.15) is 0 Å². The molecule has 10 heteroatoms. The summed E-state index contributed by atoms with van der Waals surface area (Å²) >= 11 is 10.9. The summed E-state index contributed by atoms with van der Waals surface area (Å²) in [6.07, 6.45) is 0. The Morgan fingerprint density at radius 1 is 1.55 bits per heavy atom. The van der Waals surface area contributed by atoms with E-state index in [1.807, 2.05) is 0 Å². The van der Waals surface area contributed by atoms with Gasteiger partial charge in [-0.15, -0.1) is 11.3 Å². The van der Waals surface area contributed by atoms with Crippen LogP contribution in [0.25, 0.3) is 0 Å². The van der Waals surface area contributed by atoms with Crippen LogP contribution in [0.3, 0.4) is 0 Å². The van der Waals surface area contributed by atoms with E-state index in [1.54, 1.807) is 13.0 Å². The molecule has 22 heavy (non-hydrogen) atoms. The van der Waals surface area contributed by atoms with Gasteiger partial charge in [-0.1, -0.05) is 11.6 Å². The smallest absolute Gasteiger partial charge is 0.249 e. The minimum Gasteiger partial charge on any atom is -0.384 e. The Bertz CT molecular complexity index is 721. The highest BCUT2D eigenvalue weighted by atomic mass is 79.9. The van der Waals surface area contributed by atoms with Crippen molar-refractivity contribution in [2.45, 2.75) is 17.4 Å². The zero-order valence-corrected chi connectivity index (χ0v) is 16.2. The largest absolute Gasteiger partial charge is 0.384 e. The van der Waals surface area contributed by atoms with Gasteiger partial charge in [0.25, 0.3) is 0 Å². The molecule has 6 nitrogen and oxygen atoms in total. The third-order valence-electron chi connectivity index (χ3n) is 3.54. The molecule has 1 aromatic rings. The molecule has 1 aliphatic rings. The lowest BCUT2D eigenvalue weighted by Gasteiger charge is -2.39. The van der Waals surface area contributed by atoms with E-state index in [0.29, 0.717) is 9.90 Å². The van der Waals surface area contributed by atoms with E-state index in [1.165, 1.54) is 25.6 Å². The summed E-state index contributed by atoms with van der Waals surface area (Å²) in [6, 6.07) is 1.71. The van der Waals surface area contributed by atoms with Gasteiger partial charge < -0.3 is 15.2 Å². The van der Waals surface area contributed by atoms with E-state index in [0.717, 1.165) is 3.79 Å². The van der Waals surface area contributed by atoms with E-state index < -0.39 is 20.3 Å². The molecule has 0 radical (unpaired) electrons. The average molecular weight is 432 g/mol. The second-order valence-corrected chi connectivity index (χ2v) is 10.2. The number of amidine groups is 1. The number of nitrogens with two attached hydrogens (primary N) is 1. The Kier molecular flexibility index (Phi) is 4.97. The molecule has 2 N–H and O–H groups in total. The zero-order valence-electron chi connectivity index (χ0n) is 12.2. The third kappa shape index (κ3) is 2.71. The Labute approximate surface area is 146 Å². The summed E-state index contributed by atoms with van der Waals surface area (Å²) < 4.78 is 36.6. The second kappa shape index (κ2) is 6.03. The standard InChI is InChI=1S/C12H16BrClN2O4S2/c1-11(9-7(14)4-8(13)21-9)6-22(17,18)12(20-3,5-19-2)10(15)16-11/h4H,5-6H2,1-3H3,(H2,15,16)/t11-,12-/m0/s1. The molecule has 0 saturated heterocycles. The van der Waals surface area contributed by atoms with Gasteiger partial charge in [0.15, 0.2) is 9.84 Å². The highest BCUT2D eigenvalue weighted by Gasteiger charge is 2.56. The Balaban J connectivity index is 2.64. The van der Waals surface area contributed by atoms with Crippen LogP contribution in [0.5, 0.6) is 0 Å². The van der Waals surface area contributed by atoms with Gasteiger partial charge >= 0.3 is 0 Å². The number of halogens is 2. The van der Waals surface area contributed by atoms with Gasteiger partial charge in [0.2, 0.25) is 4.93 Å². The third-order valence-corrected chi connectivity index (χ3v) is 8.28. The van der Waals surface area contributed by atoms with Crippen LogP contribution >= 0.6 is 38.9 Å². The number of hydrogen-bond acceptors (Lipinski definition) is 7. The molecule has 124 valence electrons. The van der Waals surface area contributed by atoms with Gasteiger partial charge in [-0.25, -0.2) is 8.42 Å². The lowest BCUT2D eigenvalue weighted by Crippen LogP contribution is -2.61. The van der Waals surface area contributed by atoms with E-state index in [2.05, 4.69) is 20.9 Å². The quantitative estimate of drug-likeness (QED) is 0.789. The van der Waals surface area contributed by atoms with Crippen molar-refractivity contribution in [3.05, 3.63) is 19.8 Å². The van der Waals surface area contributed by atoms with Crippen LogP contribution in [0.1, 0.15) is 11.8 Å². The fourth-order valence-corrected chi connectivity index (χ4v) is 6.89. The van der Waals surface area contributed by atoms with Crippen molar-refractivity contribution in [3.8, 4) is 0 Å². The maximum absolute atomic E-state index is 12.8. The van der Waals surface area contributed by atoms with E-state index in [4.69, 9.17) is 26.8 Å². The molecule has 0 aromatic carbocycles. The number of sulfone groups is 1. The normalized spacial score (nSPS) is 31.0. The molecule has 0 saturated carbocycles. The first-order valence-electron chi connectivity index (χ1n) is 6.19. The maximum atomic E-state index is 12.8. The van der Waals surface area contributed by atoms with Gasteiger partial charge in [0.1, 0.15) is 11.4 Å². The lowest BCUT2D eigenvalue weighted by atomic mass is 10.0. The Morgan fingerprint density at radius 2 is 2.18 bits per heavy atom. The summed E-state index contributed by atoms with van der Waals surface area (Å²) in [5.74, 6) is -0.406. The summed E-state index contributed by atoms with van der Waals surface area (Å²) in [6.45, 7) is 1.47. The minimum atomic E-state index is -3.78. The molecular formula is C12H16BrClN2O4S2. The molecule has 1 aromatic heterocycles. The minimum absolute atomic E-state index is 0.133. The molecule has 0 bridgehead atoms. The number of rotatable bonds is 4. The second-order valence-electron chi connectivity index (χ2n) is 5.15. The zero-order chi connectivity index (χ0) is 16.8. The summed E-state index contributed by atoms with van der Waals surface area (Å²) in [4.78, 5) is 3.28. The molecule has 2 rings (SSSR count). The van der Waals surface area contributed by atoms with Crippen LogP contribution in [0.2, 0.25) is 5.02 Å². The first-order valence-corrected chi connectivity index (χ1v) is 9.83. The molecule has 0 unspecified atom stereocenters. The average Bonchev–Trinajstić information content (AvgIpc) is 2.73. The maximum Gasteiger partial charge on any atom is 0.249 e. The van der Waals surface area contributed by atoms with Crippen molar-refractivity contribution in [1.29, 1.82) is 0 Å². The first-order chi connectivity index (χ1) is 10.1.